The summed E-state index contributed by atoms with van der Waals surface area (Å²) in [5.74, 6) is 0. The van der Waals surface area contributed by atoms with Crippen LogP contribution in [0.4, 0.5) is 34.1 Å². The van der Waals surface area contributed by atoms with Crippen molar-refractivity contribution in [3.05, 3.63) is 243 Å². The standard InChI is InChI=1S/C62H46N4/c63-59-51(43-29-13-3-14-30-43)49(41-25-9-1-10-26-41)55-57(52(59)44-31-15-4-16-32-44)60(64)56-50(42-27-11-2-12-28-42)53(45-33-17-5-18-34-45)62(54(58(56)61(55)65)46-35-19-6-20-36-46)66(47-37-21-7-22-38-47)48-39-23-8-24-40-48/h1-40H,63-65H2. The van der Waals surface area contributed by atoms with Crippen LogP contribution in [0.1, 0.15) is 0 Å². The van der Waals surface area contributed by atoms with Crippen LogP contribution in [0, 0.1) is 0 Å². The van der Waals surface area contributed by atoms with Gasteiger partial charge in [0.25, 0.3) is 0 Å². The summed E-state index contributed by atoms with van der Waals surface area (Å²) < 4.78 is 0. The molecule has 0 aliphatic carbocycles. The summed E-state index contributed by atoms with van der Waals surface area (Å²) >= 11 is 0. The zero-order valence-corrected chi connectivity index (χ0v) is 36.3. The molecular formula is C62H46N4. The van der Waals surface area contributed by atoms with Crippen LogP contribution in [-0.4, -0.2) is 0 Å². The van der Waals surface area contributed by atoms with Crippen molar-refractivity contribution in [2.45, 2.75) is 0 Å². The average molecular weight is 847 g/mol. The molecule has 0 aliphatic rings. The van der Waals surface area contributed by atoms with Crippen LogP contribution in [0.5, 0.6) is 0 Å². The molecule has 0 spiro atoms. The maximum absolute atomic E-state index is 8.21. The van der Waals surface area contributed by atoms with Crippen molar-refractivity contribution in [3.8, 4) is 66.8 Å². The SMILES string of the molecule is Nc1c(-c2ccccc2)c(-c2ccccc2)c2c(N)c3c(-c4ccccc4)c(N(c4ccccc4)c4ccccc4)c(-c4ccccc4)c(-c4ccccc4)c3c(N)c2c1-c1ccccc1. The molecule has 0 radical (unpaired) electrons. The van der Waals surface area contributed by atoms with E-state index in [2.05, 4.69) is 229 Å². The second kappa shape index (κ2) is 17.0. The number of fused-ring (bicyclic) bond motifs is 2. The van der Waals surface area contributed by atoms with Crippen molar-refractivity contribution in [2.75, 3.05) is 22.1 Å². The van der Waals surface area contributed by atoms with E-state index in [9.17, 15) is 0 Å². The summed E-state index contributed by atoms with van der Waals surface area (Å²) in [7, 11) is 0. The Morgan fingerprint density at radius 2 is 0.455 bits per heavy atom. The van der Waals surface area contributed by atoms with E-state index in [1.807, 2.05) is 18.2 Å². The maximum atomic E-state index is 8.21. The molecule has 4 nitrogen and oxygen atoms in total. The first-order valence-electron chi connectivity index (χ1n) is 22.3. The molecule has 11 aromatic rings. The van der Waals surface area contributed by atoms with Gasteiger partial charge < -0.3 is 22.1 Å². The normalized spacial score (nSPS) is 11.2. The predicted molar refractivity (Wildman–Crippen MR) is 282 cm³/mol. The zero-order chi connectivity index (χ0) is 44.6. The van der Waals surface area contributed by atoms with E-state index in [1.54, 1.807) is 0 Å². The number of benzene rings is 11. The third kappa shape index (κ3) is 6.72. The van der Waals surface area contributed by atoms with Gasteiger partial charge in [-0.05, 0) is 57.6 Å². The van der Waals surface area contributed by atoms with E-state index < -0.39 is 0 Å². The maximum Gasteiger partial charge on any atom is 0.0631 e. The molecule has 314 valence electrons. The Morgan fingerprint density at radius 3 is 0.818 bits per heavy atom. The Balaban J connectivity index is 1.50. The van der Waals surface area contributed by atoms with Crippen LogP contribution in [-0.2, 0) is 0 Å². The van der Waals surface area contributed by atoms with Crippen molar-refractivity contribution >= 4 is 55.7 Å². The highest BCUT2D eigenvalue weighted by atomic mass is 15.1. The van der Waals surface area contributed by atoms with Gasteiger partial charge in [0.05, 0.1) is 5.69 Å². The number of hydrogen-bond donors (Lipinski definition) is 3. The van der Waals surface area contributed by atoms with Crippen molar-refractivity contribution in [2.24, 2.45) is 0 Å². The minimum atomic E-state index is 0.599. The smallest absolute Gasteiger partial charge is 0.0631 e. The van der Waals surface area contributed by atoms with Gasteiger partial charge in [-0.2, -0.15) is 0 Å². The number of rotatable bonds is 9. The lowest BCUT2D eigenvalue weighted by Crippen LogP contribution is -2.15. The molecule has 66 heavy (non-hydrogen) atoms. The average Bonchev–Trinajstić information content (AvgIpc) is 3.39. The van der Waals surface area contributed by atoms with E-state index in [-0.39, 0.29) is 0 Å². The number of nitrogens with two attached hydrogens (primary N) is 3. The number of nitrogens with zero attached hydrogens (tertiary/aromatic N) is 1. The van der Waals surface area contributed by atoms with E-state index in [4.69, 9.17) is 17.2 Å². The lowest BCUT2D eigenvalue weighted by molar-refractivity contribution is 1.29. The number of para-hydroxylation sites is 2. The minimum Gasteiger partial charge on any atom is -0.398 e. The number of nitrogen functional groups attached to an aromatic ring is 3. The highest BCUT2D eigenvalue weighted by molar-refractivity contribution is 6.36. The molecule has 0 amide bonds. The topological polar surface area (TPSA) is 81.3 Å². The molecule has 0 saturated heterocycles. The Hall–Kier alpha value is -8.86. The molecule has 6 N–H and O–H groups in total. The Morgan fingerprint density at radius 1 is 0.212 bits per heavy atom. The third-order valence-electron chi connectivity index (χ3n) is 12.7. The molecule has 0 saturated carbocycles. The summed E-state index contributed by atoms with van der Waals surface area (Å²) in [6.45, 7) is 0. The molecule has 11 aromatic carbocycles. The van der Waals surface area contributed by atoms with Crippen molar-refractivity contribution in [1.82, 2.24) is 0 Å². The van der Waals surface area contributed by atoms with Crippen LogP contribution in [0.3, 0.4) is 0 Å². The van der Waals surface area contributed by atoms with Gasteiger partial charge in [0.1, 0.15) is 0 Å². The summed E-state index contributed by atoms with van der Waals surface area (Å²) in [6, 6.07) is 84.5. The van der Waals surface area contributed by atoms with Gasteiger partial charge in [0.15, 0.2) is 0 Å². The summed E-state index contributed by atoms with van der Waals surface area (Å²) in [5.41, 5.74) is 40.4. The highest BCUT2D eigenvalue weighted by Gasteiger charge is 2.33. The molecule has 0 aromatic heterocycles. The van der Waals surface area contributed by atoms with E-state index in [1.165, 1.54) is 0 Å². The van der Waals surface area contributed by atoms with Crippen LogP contribution in [0.15, 0.2) is 243 Å². The quantitative estimate of drug-likeness (QED) is 0.0768. The van der Waals surface area contributed by atoms with Gasteiger partial charge in [0, 0.05) is 83.4 Å². The fourth-order valence-corrected chi connectivity index (χ4v) is 9.99. The van der Waals surface area contributed by atoms with Crippen LogP contribution < -0.4 is 22.1 Å². The lowest BCUT2D eigenvalue weighted by Gasteiger charge is -2.34. The molecule has 0 unspecified atom stereocenters. The van der Waals surface area contributed by atoms with Crippen LogP contribution >= 0.6 is 0 Å². The molecule has 0 heterocycles. The van der Waals surface area contributed by atoms with Crippen molar-refractivity contribution in [1.29, 1.82) is 0 Å². The summed E-state index contributed by atoms with van der Waals surface area (Å²) in [6.07, 6.45) is 0. The minimum absolute atomic E-state index is 0.599. The number of anilines is 6. The monoisotopic (exact) mass is 846 g/mol. The summed E-state index contributed by atoms with van der Waals surface area (Å²) in [4.78, 5) is 2.39. The highest BCUT2D eigenvalue weighted by Crippen LogP contribution is 2.61. The second-order valence-corrected chi connectivity index (χ2v) is 16.5. The Kier molecular flexibility index (Phi) is 10.3. The van der Waals surface area contributed by atoms with Crippen molar-refractivity contribution < 1.29 is 0 Å². The molecule has 0 bridgehead atoms. The van der Waals surface area contributed by atoms with E-state index >= 15 is 0 Å². The molecule has 0 fully saturated rings. The van der Waals surface area contributed by atoms with Crippen molar-refractivity contribution in [3.63, 3.8) is 0 Å². The van der Waals surface area contributed by atoms with Crippen LogP contribution in [0.2, 0.25) is 0 Å². The second-order valence-electron chi connectivity index (χ2n) is 16.5. The lowest BCUT2D eigenvalue weighted by atomic mass is 9.77. The fourth-order valence-electron chi connectivity index (χ4n) is 9.99. The largest absolute Gasteiger partial charge is 0.398 e. The Labute approximate surface area is 385 Å². The molecule has 4 heteroatoms. The van der Waals surface area contributed by atoms with Gasteiger partial charge in [-0.25, -0.2) is 0 Å². The summed E-state index contributed by atoms with van der Waals surface area (Å²) in [5, 5.41) is 3.38. The molecular weight excluding hydrogens is 801 g/mol. The molecule has 0 aliphatic heterocycles. The Bertz CT molecular complexity index is 3450. The first-order chi connectivity index (χ1) is 32.6. The number of hydrogen-bond acceptors (Lipinski definition) is 4. The molecule has 11 rings (SSSR count). The van der Waals surface area contributed by atoms with Gasteiger partial charge in [-0.1, -0.05) is 218 Å². The van der Waals surface area contributed by atoms with Gasteiger partial charge in [0.2, 0.25) is 0 Å². The first-order valence-corrected chi connectivity index (χ1v) is 22.3. The molecule has 0 atom stereocenters. The third-order valence-corrected chi connectivity index (χ3v) is 12.7. The fraction of sp³-hybridized carbons (Fsp3) is 0. The first kappa shape index (κ1) is 40.0. The van der Waals surface area contributed by atoms with Gasteiger partial charge >= 0.3 is 0 Å². The predicted octanol–water partition coefficient (Wildman–Crippen LogP) is 16.2. The zero-order valence-electron chi connectivity index (χ0n) is 36.3. The van der Waals surface area contributed by atoms with Gasteiger partial charge in [-0.15, -0.1) is 0 Å². The van der Waals surface area contributed by atoms with E-state index in [0.29, 0.717) is 17.1 Å². The van der Waals surface area contributed by atoms with Crippen LogP contribution in [0.25, 0.3) is 88.3 Å². The van der Waals surface area contributed by atoms with E-state index in [0.717, 1.165) is 105 Å². The van der Waals surface area contributed by atoms with Gasteiger partial charge in [-0.3, -0.25) is 0 Å².